The van der Waals surface area contributed by atoms with Crippen LogP contribution >= 0.6 is 0 Å². The molecule has 0 radical (unpaired) electrons. The van der Waals surface area contributed by atoms with Gasteiger partial charge in [-0.25, -0.2) is 0 Å². The normalized spacial score (nSPS) is 23.2. The molecule has 0 saturated heterocycles. The first-order valence-electron chi connectivity index (χ1n) is 6.20. The van der Waals surface area contributed by atoms with Crippen LogP contribution in [0.25, 0.3) is 11.5 Å². The van der Waals surface area contributed by atoms with E-state index in [2.05, 4.69) is 15.5 Å². The quantitative estimate of drug-likeness (QED) is 0.863. The van der Waals surface area contributed by atoms with Crippen LogP contribution in [0, 0.1) is 0 Å². The fourth-order valence-corrected chi connectivity index (χ4v) is 2.42. The Balaban J connectivity index is 1.75. The highest BCUT2D eigenvalue weighted by Crippen LogP contribution is 2.24. The Morgan fingerprint density at radius 3 is 3.00 bits per heavy atom. The SMILES string of the molecule is NC1CCC(Nc2cccc(-c3nnco3)c2)C1. The minimum Gasteiger partial charge on any atom is -0.423 e. The number of nitrogens with one attached hydrogen (secondary N) is 1. The number of hydrogen-bond donors (Lipinski definition) is 2. The molecule has 1 saturated carbocycles. The zero-order valence-corrected chi connectivity index (χ0v) is 10.0. The van der Waals surface area contributed by atoms with Crippen molar-refractivity contribution in [2.75, 3.05) is 5.32 Å². The largest absolute Gasteiger partial charge is 0.423 e. The summed E-state index contributed by atoms with van der Waals surface area (Å²) in [6.07, 6.45) is 4.60. The molecule has 94 valence electrons. The molecule has 3 rings (SSSR count). The monoisotopic (exact) mass is 244 g/mol. The lowest BCUT2D eigenvalue weighted by Gasteiger charge is -2.14. The first kappa shape index (κ1) is 11.2. The fourth-order valence-electron chi connectivity index (χ4n) is 2.42. The summed E-state index contributed by atoms with van der Waals surface area (Å²) in [6, 6.07) is 8.82. The van der Waals surface area contributed by atoms with Crippen molar-refractivity contribution in [2.45, 2.75) is 31.3 Å². The van der Waals surface area contributed by atoms with Gasteiger partial charge in [0.15, 0.2) is 0 Å². The molecule has 0 spiro atoms. The maximum Gasteiger partial charge on any atom is 0.247 e. The molecule has 0 aliphatic heterocycles. The number of nitrogens with two attached hydrogens (primary N) is 1. The molecule has 2 unspecified atom stereocenters. The van der Waals surface area contributed by atoms with E-state index >= 15 is 0 Å². The van der Waals surface area contributed by atoms with Crippen LogP contribution in [0.3, 0.4) is 0 Å². The molecule has 1 aliphatic carbocycles. The van der Waals surface area contributed by atoms with Crippen LogP contribution < -0.4 is 11.1 Å². The Bertz CT molecular complexity index is 511. The molecule has 2 atom stereocenters. The van der Waals surface area contributed by atoms with Crippen molar-refractivity contribution in [3.63, 3.8) is 0 Å². The van der Waals surface area contributed by atoms with Gasteiger partial charge >= 0.3 is 0 Å². The molecule has 5 nitrogen and oxygen atoms in total. The maximum absolute atomic E-state index is 5.91. The summed E-state index contributed by atoms with van der Waals surface area (Å²) in [4.78, 5) is 0. The molecule has 5 heteroatoms. The van der Waals surface area contributed by atoms with Crippen LogP contribution in [0.2, 0.25) is 0 Å². The Hall–Kier alpha value is -1.88. The molecule has 1 aliphatic rings. The highest BCUT2D eigenvalue weighted by atomic mass is 16.4. The summed E-state index contributed by atoms with van der Waals surface area (Å²) in [5.74, 6) is 0.543. The number of aromatic nitrogens is 2. The topological polar surface area (TPSA) is 77.0 Å². The minimum absolute atomic E-state index is 0.335. The van der Waals surface area contributed by atoms with Gasteiger partial charge in [0.2, 0.25) is 12.3 Å². The van der Waals surface area contributed by atoms with E-state index in [9.17, 15) is 0 Å². The van der Waals surface area contributed by atoms with Crippen molar-refractivity contribution >= 4 is 5.69 Å². The maximum atomic E-state index is 5.91. The van der Waals surface area contributed by atoms with Crippen LogP contribution in [0.15, 0.2) is 35.1 Å². The molecule has 1 aromatic carbocycles. The third kappa shape index (κ3) is 2.36. The van der Waals surface area contributed by atoms with Gasteiger partial charge in [-0.05, 0) is 37.5 Å². The van der Waals surface area contributed by atoms with E-state index in [1.165, 1.54) is 6.39 Å². The van der Waals surface area contributed by atoms with Crippen LogP contribution in [0.1, 0.15) is 19.3 Å². The summed E-state index contributed by atoms with van der Waals surface area (Å²) in [5, 5.41) is 11.1. The zero-order valence-electron chi connectivity index (χ0n) is 10.0. The van der Waals surface area contributed by atoms with E-state index in [1.54, 1.807) is 0 Å². The van der Waals surface area contributed by atoms with Crippen molar-refractivity contribution in [3.05, 3.63) is 30.7 Å². The van der Waals surface area contributed by atoms with Gasteiger partial charge < -0.3 is 15.5 Å². The van der Waals surface area contributed by atoms with Crippen molar-refractivity contribution in [1.82, 2.24) is 10.2 Å². The lowest BCUT2D eigenvalue weighted by atomic mass is 10.1. The van der Waals surface area contributed by atoms with Gasteiger partial charge in [0.25, 0.3) is 0 Å². The van der Waals surface area contributed by atoms with Crippen molar-refractivity contribution in [3.8, 4) is 11.5 Å². The number of hydrogen-bond acceptors (Lipinski definition) is 5. The predicted octanol–water partition coefficient (Wildman–Crippen LogP) is 2.03. The predicted molar refractivity (Wildman–Crippen MR) is 69.0 cm³/mol. The highest BCUT2D eigenvalue weighted by molar-refractivity contribution is 5.61. The van der Waals surface area contributed by atoms with E-state index in [4.69, 9.17) is 10.2 Å². The molecule has 1 fully saturated rings. The third-order valence-corrected chi connectivity index (χ3v) is 3.31. The number of anilines is 1. The molecule has 2 aromatic rings. The smallest absolute Gasteiger partial charge is 0.247 e. The van der Waals surface area contributed by atoms with E-state index in [-0.39, 0.29) is 0 Å². The average Bonchev–Trinajstić information content (AvgIpc) is 3.01. The second kappa shape index (κ2) is 4.78. The molecule has 18 heavy (non-hydrogen) atoms. The lowest BCUT2D eigenvalue weighted by Crippen LogP contribution is -2.20. The van der Waals surface area contributed by atoms with Crippen LogP contribution in [-0.2, 0) is 0 Å². The van der Waals surface area contributed by atoms with Crippen LogP contribution in [-0.4, -0.2) is 22.3 Å². The van der Waals surface area contributed by atoms with Gasteiger partial charge in [0.05, 0.1) is 0 Å². The first-order valence-corrected chi connectivity index (χ1v) is 6.20. The van der Waals surface area contributed by atoms with E-state index < -0.39 is 0 Å². The average molecular weight is 244 g/mol. The highest BCUT2D eigenvalue weighted by Gasteiger charge is 2.21. The molecule has 3 N–H and O–H groups in total. The van der Waals surface area contributed by atoms with Gasteiger partial charge in [-0.2, -0.15) is 0 Å². The van der Waals surface area contributed by atoms with E-state index in [0.717, 1.165) is 30.5 Å². The molecule has 0 bridgehead atoms. The zero-order chi connectivity index (χ0) is 12.4. The van der Waals surface area contributed by atoms with Gasteiger partial charge in [0.1, 0.15) is 0 Å². The van der Waals surface area contributed by atoms with E-state index in [1.807, 2.05) is 24.3 Å². The van der Waals surface area contributed by atoms with Gasteiger partial charge in [0, 0.05) is 23.3 Å². The summed E-state index contributed by atoms with van der Waals surface area (Å²) >= 11 is 0. The Labute approximate surface area is 105 Å². The summed E-state index contributed by atoms with van der Waals surface area (Å²) in [5.41, 5.74) is 7.92. The Morgan fingerprint density at radius 1 is 1.33 bits per heavy atom. The van der Waals surface area contributed by atoms with E-state index in [0.29, 0.717) is 18.0 Å². The van der Waals surface area contributed by atoms with Crippen LogP contribution in [0.5, 0.6) is 0 Å². The number of rotatable bonds is 3. The molecule has 0 amide bonds. The number of benzene rings is 1. The number of nitrogens with zero attached hydrogens (tertiary/aromatic N) is 2. The third-order valence-electron chi connectivity index (χ3n) is 3.31. The summed E-state index contributed by atoms with van der Waals surface area (Å²) in [6.45, 7) is 0. The lowest BCUT2D eigenvalue weighted by molar-refractivity contribution is 0.568. The Morgan fingerprint density at radius 2 is 2.28 bits per heavy atom. The standard InChI is InChI=1S/C13H16N4O/c14-10-4-5-12(7-10)16-11-3-1-2-9(6-11)13-17-15-8-18-13/h1-3,6,8,10,12,16H,4-5,7,14H2. The van der Waals surface area contributed by atoms with Crippen LogP contribution in [0.4, 0.5) is 5.69 Å². The van der Waals surface area contributed by atoms with Crippen molar-refractivity contribution < 1.29 is 4.42 Å². The van der Waals surface area contributed by atoms with Gasteiger partial charge in [-0.3, -0.25) is 0 Å². The second-order valence-electron chi connectivity index (χ2n) is 4.74. The summed E-state index contributed by atoms with van der Waals surface area (Å²) < 4.78 is 5.19. The van der Waals surface area contributed by atoms with Gasteiger partial charge in [-0.15, -0.1) is 10.2 Å². The second-order valence-corrected chi connectivity index (χ2v) is 4.74. The molecule has 1 heterocycles. The molecule has 1 aromatic heterocycles. The molecular weight excluding hydrogens is 228 g/mol. The Kier molecular flexibility index (Phi) is 2.98. The van der Waals surface area contributed by atoms with Gasteiger partial charge in [-0.1, -0.05) is 6.07 Å². The van der Waals surface area contributed by atoms with Crippen molar-refractivity contribution in [2.24, 2.45) is 5.73 Å². The first-order chi connectivity index (χ1) is 8.81. The fraction of sp³-hybridized carbons (Fsp3) is 0.385. The molecular formula is C13H16N4O. The summed E-state index contributed by atoms with van der Waals surface area (Å²) in [7, 11) is 0. The van der Waals surface area contributed by atoms with Crippen molar-refractivity contribution in [1.29, 1.82) is 0 Å². The minimum atomic E-state index is 0.335.